The number of alkyl carbamates (subject to hydrolysis) is 1. The molecule has 1 aromatic heterocycles. The lowest BCUT2D eigenvalue weighted by Crippen LogP contribution is -2.43. The number of hydrogen-bond donors (Lipinski definition) is 1. The van der Waals surface area contributed by atoms with E-state index in [0.717, 1.165) is 16.5 Å². The van der Waals surface area contributed by atoms with E-state index >= 15 is 0 Å². The first-order valence-electron chi connectivity index (χ1n) is 10.7. The molecule has 0 bridgehead atoms. The van der Waals surface area contributed by atoms with Crippen LogP contribution in [0.25, 0.3) is 11.0 Å². The van der Waals surface area contributed by atoms with Crippen LogP contribution in [0, 0.1) is 6.92 Å². The highest BCUT2D eigenvalue weighted by atomic mass is 32.2. The molecule has 0 spiro atoms. The van der Waals surface area contributed by atoms with Gasteiger partial charge in [-0.1, -0.05) is 37.3 Å². The zero-order chi connectivity index (χ0) is 23.8. The first-order chi connectivity index (χ1) is 15.9. The highest BCUT2D eigenvalue weighted by molar-refractivity contribution is 7.98. The summed E-state index contributed by atoms with van der Waals surface area (Å²) in [5, 5.41) is 3.41. The second-order valence-electron chi connectivity index (χ2n) is 7.47. The Hall–Kier alpha value is -3.26. The average molecular weight is 470 g/mol. The Morgan fingerprint density at radius 1 is 1.15 bits per heavy atom. The highest BCUT2D eigenvalue weighted by Gasteiger charge is 2.24. The molecule has 0 aliphatic heterocycles. The number of amides is 1. The largest absolute Gasteiger partial charge is 0.445 e. The van der Waals surface area contributed by atoms with Crippen molar-refractivity contribution >= 4 is 34.8 Å². The van der Waals surface area contributed by atoms with Crippen LogP contribution in [0.15, 0.2) is 57.7 Å². The van der Waals surface area contributed by atoms with Crippen molar-refractivity contribution in [1.29, 1.82) is 0 Å². The van der Waals surface area contributed by atoms with Crippen molar-refractivity contribution in [3.63, 3.8) is 0 Å². The Morgan fingerprint density at radius 3 is 2.61 bits per heavy atom. The Labute approximate surface area is 196 Å². The first kappa shape index (κ1) is 24.4. The van der Waals surface area contributed by atoms with Crippen molar-refractivity contribution < 1.29 is 23.5 Å². The molecule has 8 heteroatoms. The Kier molecular flexibility index (Phi) is 8.54. The zero-order valence-electron chi connectivity index (χ0n) is 18.9. The van der Waals surface area contributed by atoms with Gasteiger partial charge < -0.3 is 19.2 Å². The highest BCUT2D eigenvalue weighted by Crippen LogP contribution is 2.29. The number of esters is 1. The number of nitrogens with one attached hydrogen (secondary N) is 1. The minimum atomic E-state index is -0.884. The quantitative estimate of drug-likeness (QED) is 0.278. The summed E-state index contributed by atoms with van der Waals surface area (Å²) in [7, 11) is 0. The van der Waals surface area contributed by atoms with Crippen molar-refractivity contribution in [2.45, 2.75) is 39.3 Å². The SMILES string of the molecule is CCc1cc(=O)oc2c(C)c(OC(=O)C(CCSC)NC(=O)OCc3ccccc3)ccc12. The van der Waals surface area contributed by atoms with Gasteiger partial charge in [0.05, 0.1) is 0 Å². The zero-order valence-corrected chi connectivity index (χ0v) is 19.7. The number of hydrogen-bond acceptors (Lipinski definition) is 7. The summed E-state index contributed by atoms with van der Waals surface area (Å²) in [4.78, 5) is 37.1. The normalized spacial score (nSPS) is 11.7. The smallest absolute Gasteiger partial charge is 0.408 e. The molecular weight excluding hydrogens is 442 g/mol. The molecule has 0 radical (unpaired) electrons. The van der Waals surface area contributed by atoms with E-state index in [2.05, 4.69) is 5.32 Å². The average Bonchev–Trinajstić information content (AvgIpc) is 2.82. The molecule has 2 aromatic carbocycles. The summed E-state index contributed by atoms with van der Waals surface area (Å²) in [5.41, 5.74) is 2.19. The van der Waals surface area contributed by atoms with E-state index in [9.17, 15) is 14.4 Å². The van der Waals surface area contributed by atoms with Crippen molar-refractivity contribution in [3.05, 3.63) is 75.6 Å². The molecule has 0 aliphatic carbocycles. The van der Waals surface area contributed by atoms with Crippen molar-refractivity contribution in [2.24, 2.45) is 0 Å². The Morgan fingerprint density at radius 2 is 1.91 bits per heavy atom. The Bertz CT molecular complexity index is 1170. The van der Waals surface area contributed by atoms with Crippen molar-refractivity contribution in [3.8, 4) is 5.75 Å². The van der Waals surface area contributed by atoms with Crippen LogP contribution in [-0.2, 0) is 22.6 Å². The van der Waals surface area contributed by atoms with Gasteiger partial charge in [-0.15, -0.1) is 0 Å². The lowest BCUT2D eigenvalue weighted by atomic mass is 10.0. The van der Waals surface area contributed by atoms with Crippen LogP contribution in [0.2, 0.25) is 0 Å². The van der Waals surface area contributed by atoms with E-state index in [1.54, 1.807) is 30.8 Å². The van der Waals surface area contributed by atoms with Gasteiger partial charge in [-0.05, 0) is 55.0 Å². The minimum absolute atomic E-state index is 0.0968. The number of carbonyl (C=O) groups excluding carboxylic acids is 2. The predicted octanol–water partition coefficient (Wildman–Crippen LogP) is 4.62. The summed E-state index contributed by atoms with van der Waals surface area (Å²) in [6.07, 6.45) is 2.27. The van der Waals surface area contributed by atoms with Crippen LogP contribution in [0.5, 0.6) is 5.75 Å². The van der Waals surface area contributed by atoms with Crippen LogP contribution in [0.3, 0.4) is 0 Å². The fraction of sp³-hybridized carbons (Fsp3) is 0.320. The monoisotopic (exact) mass is 469 g/mol. The van der Waals surface area contributed by atoms with E-state index in [1.165, 1.54) is 6.07 Å². The number of rotatable bonds is 9. The predicted molar refractivity (Wildman–Crippen MR) is 129 cm³/mol. The maximum absolute atomic E-state index is 12.9. The lowest BCUT2D eigenvalue weighted by molar-refractivity contribution is -0.136. The van der Waals surface area contributed by atoms with E-state index < -0.39 is 23.7 Å². The van der Waals surface area contributed by atoms with Crippen LogP contribution in [0.1, 0.15) is 30.0 Å². The number of aryl methyl sites for hydroxylation is 2. The lowest BCUT2D eigenvalue weighted by Gasteiger charge is -2.18. The fourth-order valence-electron chi connectivity index (χ4n) is 3.38. The number of fused-ring (bicyclic) bond motifs is 1. The summed E-state index contributed by atoms with van der Waals surface area (Å²) in [6.45, 7) is 3.78. The van der Waals surface area contributed by atoms with Gasteiger partial charge in [-0.25, -0.2) is 14.4 Å². The molecule has 0 aliphatic rings. The number of ether oxygens (including phenoxy) is 2. The van der Waals surface area contributed by atoms with E-state index in [0.29, 0.717) is 29.7 Å². The molecule has 1 unspecified atom stereocenters. The molecule has 0 saturated carbocycles. The van der Waals surface area contributed by atoms with Gasteiger partial charge in [-0.2, -0.15) is 11.8 Å². The summed E-state index contributed by atoms with van der Waals surface area (Å²) in [6, 6.07) is 13.3. The molecule has 1 atom stereocenters. The number of carbonyl (C=O) groups is 2. The maximum atomic E-state index is 12.9. The van der Waals surface area contributed by atoms with Gasteiger partial charge in [-0.3, -0.25) is 0 Å². The van der Waals surface area contributed by atoms with E-state index in [1.807, 2.05) is 43.5 Å². The van der Waals surface area contributed by atoms with Gasteiger partial charge in [0, 0.05) is 17.0 Å². The molecule has 33 heavy (non-hydrogen) atoms. The molecule has 1 heterocycles. The maximum Gasteiger partial charge on any atom is 0.408 e. The summed E-state index contributed by atoms with van der Waals surface area (Å²) in [5.74, 6) is 0.305. The standard InChI is InChI=1S/C25H27NO6S/c1-4-18-14-22(27)32-23-16(2)21(11-10-19(18)23)31-24(28)20(12-13-33-3)26-25(29)30-15-17-8-6-5-7-9-17/h5-11,14,20H,4,12-13,15H2,1-3H3,(H,26,29). The van der Waals surface area contributed by atoms with Crippen molar-refractivity contribution in [1.82, 2.24) is 5.32 Å². The fourth-order valence-corrected chi connectivity index (χ4v) is 3.85. The molecule has 7 nitrogen and oxygen atoms in total. The molecule has 3 rings (SSSR count). The minimum Gasteiger partial charge on any atom is -0.445 e. The van der Waals surface area contributed by atoms with E-state index in [-0.39, 0.29) is 12.4 Å². The molecule has 174 valence electrons. The van der Waals surface area contributed by atoms with Crippen LogP contribution in [0.4, 0.5) is 4.79 Å². The third-order valence-electron chi connectivity index (χ3n) is 5.19. The molecular formula is C25H27NO6S. The molecule has 0 fully saturated rings. The van der Waals surface area contributed by atoms with Gasteiger partial charge in [0.15, 0.2) is 0 Å². The summed E-state index contributed by atoms with van der Waals surface area (Å²) >= 11 is 1.55. The van der Waals surface area contributed by atoms with E-state index in [4.69, 9.17) is 13.9 Å². The molecule has 0 saturated heterocycles. The van der Waals surface area contributed by atoms with Gasteiger partial charge >= 0.3 is 17.7 Å². The van der Waals surface area contributed by atoms with Gasteiger partial charge in [0.25, 0.3) is 0 Å². The Balaban J connectivity index is 1.74. The third kappa shape index (κ3) is 6.38. The van der Waals surface area contributed by atoms with Crippen LogP contribution >= 0.6 is 11.8 Å². The number of thioether (sulfide) groups is 1. The third-order valence-corrected chi connectivity index (χ3v) is 5.83. The van der Waals surface area contributed by atoms with Gasteiger partial charge in [0.1, 0.15) is 24.0 Å². The molecule has 1 N–H and O–H groups in total. The van der Waals surface area contributed by atoms with Crippen LogP contribution < -0.4 is 15.7 Å². The second-order valence-corrected chi connectivity index (χ2v) is 8.46. The summed E-state index contributed by atoms with van der Waals surface area (Å²) < 4.78 is 16.2. The molecule has 3 aromatic rings. The van der Waals surface area contributed by atoms with Gasteiger partial charge in [0.2, 0.25) is 0 Å². The second kappa shape index (κ2) is 11.6. The molecule has 1 amide bonds. The topological polar surface area (TPSA) is 94.8 Å². The van der Waals surface area contributed by atoms with Crippen LogP contribution in [-0.4, -0.2) is 30.1 Å². The first-order valence-corrected chi connectivity index (χ1v) is 12.1. The van der Waals surface area contributed by atoms with Crippen molar-refractivity contribution in [2.75, 3.05) is 12.0 Å². The number of benzene rings is 2.